The molecule has 3 rings (SSSR count). The molecule has 27 heavy (non-hydrogen) atoms. The normalized spacial score (nSPS) is 17.0. The predicted octanol–water partition coefficient (Wildman–Crippen LogP) is 3.10. The highest BCUT2D eigenvalue weighted by molar-refractivity contribution is 5.92. The van der Waals surface area contributed by atoms with Gasteiger partial charge in [0.05, 0.1) is 12.2 Å². The molecule has 0 saturated carbocycles. The van der Waals surface area contributed by atoms with Crippen molar-refractivity contribution in [2.75, 3.05) is 19.6 Å². The van der Waals surface area contributed by atoms with Gasteiger partial charge in [-0.1, -0.05) is 50.3 Å². The van der Waals surface area contributed by atoms with E-state index < -0.39 is 0 Å². The molecule has 0 radical (unpaired) electrons. The van der Waals surface area contributed by atoms with E-state index in [4.69, 9.17) is 0 Å². The average Bonchev–Trinajstić information content (AvgIpc) is 3.15. The Morgan fingerprint density at radius 3 is 2.70 bits per heavy atom. The molecule has 1 fully saturated rings. The van der Waals surface area contributed by atoms with E-state index in [0.29, 0.717) is 18.2 Å². The maximum absolute atomic E-state index is 13.0. The van der Waals surface area contributed by atoms with Crippen molar-refractivity contribution in [3.63, 3.8) is 0 Å². The fraction of sp³-hybridized carbons (Fsp3) is 0.550. The van der Waals surface area contributed by atoms with E-state index in [2.05, 4.69) is 60.7 Å². The molecule has 1 atom stereocenters. The van der Waals surface area contributed by atoms with Gasteiger partial charge in [-0.2, -0.15) is 0 Å². The summed E-state index contributed by atoms with van der Waals surface area (Å²) in [6.07, 6.45) is 3.83. The van der Waals surface area contributed by atoms with Crippen LogP contribution in [0.1, 0.15) is 54.8 Å². The highest BCUT2D eigenvalue weighted by atomic mass is 35.5. The first-order chi connectivity index (χ1) is 12.6. The third-order valence-electron chi connectivity index (χ3n) is 4.97. The van der Waals surface area contributed by atoms with Crippen LogP contribution in [-0.2, 0) is 13.0 Å². The maximum atomic E-state index is 13.0. The van der Waals surface area contributed by atoms with Crippen LogP contribution in [0.4, 0.5) is 0 Å². The summed E-state index contributed by atoms with van der Waals surface area (Å²) in [4.78, 5) is 15.0. The Kier molecular flexibility index (Phi) is 7.80. The molecule has 0 spiro atoms. The minimum absolute atomic E-state index is 0. The van der Waals surface area contributed by atoms with Crippen molar-refractivity contribution in [3.8, 4) is 0 Å². The van der Waals surface area contributed by atoms with Gasteiger partial charge in [0.25, 0.3) is 5.91 Å². The molecule has 1 amide bonds. The van der Waals surface area contributed by atoms with Crippen molar-refractivity contribution >= 4 is 18.3 Å². The Morgan fingerprint density at radius 1 is 1.30 bits per heavy atom. The lowest BCUT2D eigenvalue weighted by Gasteiger charge is -2.36. The summed E-state index contributed by atoms with van der Waals surface area (Å²) >= 11 is 0. The number of carbonyl (C=O) groups is 1. The number of aryl methyl sites for hydroxylation is 2. The van der Waals surface area contributed by atoms with Crippen LogP contribution >= 0.6 is 12.4 Å². The molecule has 1 aromatic carbocycles. The minimum atomic E-state index is -0.0353. The van der Waals surface area contributed by atoms with Gasteiger partial charge in [0.2, 0.25) is 0 Å². The van der Waals surface area contributed by atoms with Crippen LogP contribution < -0.4 is 5.32 Å². The van der Waals surface area contributed by atoms with Crippen molar-refractivity contribution < 1.29 is 4.79 Å². The maximum Gasteiger partial charge on any atom is 0.276 e. The molecular formula is C20H30ClN5O. The fourth-order valence-corrected chi connectivity index (χ4v) is 3.26. The number of aromatic nitrogens is 3. The quantitative estimate of drug-likeness (QED) is 0.821. The number of carbonyl (C=O) groups excluding carboxylic acids is 1. The first kappa shape index (κ1) is 21.4. The molecule has 1 aromatic heterocycles. The number of piperazine rings is 1. The number of halogens is 1. The van der Waals surface area contributed by atoms with Crippen molar-refractivity contribution in [2.24, 2.45) is 5.92 Å². The van der Waals surface area contributed by atoms with Crippen LogP contribution in [0.3, 0.4) is 0 Å². The third-order valence-corrected chi connectivity index (χ3v) is 4.97. The number of benzene rings is 1. The Balaban J connectivity index is 0.00000261. The summed E-state index contributed by atoms with van der Waals surface area (Å²) in [5.74, 6) is 0.564. The standard InChI is InChI=1S/C20H29N5O.ClH/c1-4-16-5-7-17(8-6-16)19-13-21-10-12-25(19)20(26)18-14-24(23-22-18)11-9-15(2)3;/h5-8,14-15,19,21H,4,9-13H2,1-3H3;1H. The third kappa shape index (κ3) is 5.30. The van der Waals surface area contributed by atoms with Gasteiger partial charge in [-0.3, -0.25) is 9.48 Å². The lowest BCUT2D eigenvalue weighted by Crippen LogP contribution is -2.48. The van der Waals surface area contributed by atoms with Crippen LogP contribution in [0.5, 0.6) is 0 Å². The van der Waals surface area contributed by atoms with Crippen molar-refractivity contribution in [1.29, 1.82) is 0 Å². The first-order valence-corrected chi connectivity index (χ1v) is 9.59. The van der Waals surface area contributed by atoms with Crippen LogP contribution in [0, 0.1) is 5.92 Å². The van der Waals surface area contributed by atoms with Crippen molar-refractivity contribution in [3.05, 3.63) is 47.3 Å². The van der Waals surface area contributed by atoms with E-state index in [1.165, 1.54) is 5.56 Å². The Hall–Kier alpha value is -1.92. The van der Waals surface area contributed by atoms with Crippen molar-refractivity contribution in [2.45, 2.75) is 46.2 Å². The van der Waals surface area contributed by atoms with Crippen LogP contribution in [0.15, 0.2) is 30.5 Å². The van der Waals surface area contributed by atoms with Gasteiger partial charge in [0.1, 0.15) is 0 Å². The summed E-state index contributed by atoms with van der Waals surface area (Å²) in [6.45, 7) is 9.54. The van der Waals surface area contributed by atoms with Gasteiger partial charge in [-0.25, -0.2) is 0 Å². The molecule has 2 aromatic rings. The van der Waals surface area contributed by atoms with Gasteiger partial charge in [0, 0.05) is 26.2 Å². The van der Waals surface area contributed by atoms with E-state index in [0.717, 1.165) is 38.0 Å². The minimum Gasteiger partial charge on any atom is -0.328 e. The molecule has 0 bridgehead atoms. The second-order valence-corrected chi connectivity index (χ2v) is 7.36. The van der Waals surface area contributed by atoms with Gasteiger partial charge >= 0.3 is 0 Å². The highest BCUT2D eigenvalue weighted by Gasteiger charge is 2.30. The zero-order valence-electron chi connectivity index (χ0n) is 16.4. The summed E-state index contributed by atoms with van der Waals surface area (Å²) in [5.41, 5.74) is 2.91. The van der Waals surface area contributed by atoms with Crippen LogP contribution in [-0.4, -0.2) is 45.4 Å². The van der Waals surface area contributed by atoms with Gasteiger partial charge < -0.3 is 10.2 Å². The summed E-state index contributed by atoms with van der Waals surface area (Å²) in [7, 11) is 0. The predicted molar refractivity (Wildman–Crippen MR) is 109 cm³/mol. The Bertz CT molecular complexity index is 728. The lowest BCUT2D eigenvalue weighted by molar-refractivity contribution is 0.0628. The summed E-state index contributed by atoms with van der Waals surface area (Å²) in [6, 6.07) is 8.60. The topological polar surface area (TPSA) is 63.1 Å². The monoisotopic (exact) mass is 391 g/mol. The smallest absolute Gasteiger partial charge is 0.276 e. The van der Waals surface area contributed by atoms with E-state index in [9.17, 15) is 4.79 Å². The summed E-state index contributed by atoms with van der Waals surface area (Å²) in [5, 5.41) is 11.7. The molecule has 1 aliphatic heterocycles. The van der Waals surface area contributed by atoms with Crippen LogP contribution in [0.2, 0.25) is 0 Å². The van der Waals surface area contributed by atoms with E-state index >= 15 is 0 Å². The SMILES string of the molecule is CCc1ccc(C2CNCCN2C(=O)c2cn(CCC(C)C)nn2)cc1.Cl. The zero-order valence-corrected chi connectivity index (χ0v) is 17.2. The molecule has 6 nitrogen and oxygen atoms in total. The van der Waals surface area contributed by atoms with E-state index in [-0.39, 0.29) is 24.4 Å². The molecule has 7 heteroatoms. The molecule has 1 aliphatic rings. The van der Waals surface area contributed by atoms with E-state index in [1.54, 1.807) is 10.9 Å². The van der Waals surface area contributed by atoms with E-state index in [1.807, 2.05) is 4.90 Å². The van der Waals surface area contributed by atoms with Crippen molar-refractivity contribution in [1.82, 2.24) is 25.2 Å². The number of hydrogen-bond acceptors (Lipinski definition) is 4. The number of hydrogen-bond donors (Lipinski definition) is 1. The second-order valence-electron chi connectivity index (χ2n) is 7.36. The molecule has 2 heterocycles. The second kappa shape index (κ2) is 9.85. The fourth-order valence-electron chi connectivity index (χ4n) is 3.26. The number of nitrogens with one attached hydrogen (secondary N) is 1. The molecule has 1 N–H and O–H groups in total. The van der Waals surface area contributed by atoms with Crippen LogP contribution in [0.25, 0.3) is 0 Å². The molecular weight excluding hydrogens is 362 g/mol. The van der Waals surface area contributed by atoms with Gasteiger partial charge in [-0.15, -0.1) is 17.5 Å². The number of nitrogens with zero attached hydrogens (tertiary/aromatic N) is 4. The highest BCUT2D eigenvalue weighted by Crippen LogP contribution is 2.24. The summed E-state index contributed by atoms with van der Waals surface area (Å²) < 4.78 is 1.78. The van der Waals surface area contributed by atoms with Gasteiger partial charge in [-0.05, 0) is 29.9 Å². The first-order valence-electron chi connectivity index (χ1n) is 9.59. The largest absolute Gasteiger partial charge is 0.328 e. The van der Waals surface area contributed by atoms with Gasteiger partial charge in [0.15, 0.2) is 5.69 Å². The lowest BCUT2D eigenvalue weighted by atomic mass is 10.0. The Labute approximate surface area is 167 Å². The number of amides is 1. The zero-order chi connectivity index (χ0) is 18.5. The molecule has 148 valence electrons. The number of rotatable bonds is 6. The molecule has 0 aliphatic carbocycles. The Morgan fingerprint density at radius 2 is 2.04 bits per heavy atom. The average molecular weight is 392 g/mol. The molecule has 1 saturated heterocycles. The molecule has 1 unspecified atom stereocenters.